The Balaban J connectivity index is 1.45. The van der Waals surface area contributed by atoms with Crippen LogP contribution in [0.2, 0.25) is 0 Å². The van der Waals surface area contributed by atoms with Gasteiger partial charge in [-0.25, -0.2) is 0 Å². The number of likely N-dealkylation sites (tertiary alicyclic amines) is 1. The highest BCUT2D eigenvalue weighted by atomic mass is 16.2. The third-order valence-corrected chi connectivity index (χ3v) is 4.76. The number of benzene rings is 2. The van der Waals surface area contributed by atoms with Crippen molar-refractivity contribution in [3.63, 3.8) is 0 Å². The van der Waals surface area contributed by atoms with Crippen molar-refractivity contribution < 1.29 is 9.59 Å². The van der Waals surface area contributed by atoms with Gasteiger partial charge in [0, 0.05) is 32.8 Å². The number of amides is 2. The van der Waals surface area contributed by atoms with Gasteiger partial charge in [-0.05, 0) is 16.3 Å². The van der Waals surface area contributed by atoms with Gasteiger partial charge in [-0.15, -0.1) is 0 Å². The van der Waals surface area contributed by atoms with Gasteiger partial charge in [0.05, 0.1) is 17.8 Å². The molecule has 1 saturated heterocycles. The van der Waals surface area contributed by atoms with Crippen LogP contribution in [0.5, 0.6) is 0 Å². The lowest BCUT2D eigenvalue weighted by Crippen LogP contribution is -2.36. The highest BCUT2D eigenvalue weighted by Crippen LogP contribution is 2.22. The SMILES string of the molecule is Cn1cc(C(=O)N[C@H]2CC(=O)N(Cc3cccc4ccccc34)C2)cn1. The van der Waals surface area contributed by atoms with Crippen LogP contribution in [0, 0.1) is 0 Å². The molecule has 132 valence electrons. The van der Waals surface area contributed by atoms with Gasteiger partial charge in [0.15, 0.2) is 0 Å². The first-order chi connectivity index (χ1) is 12.6. The predicted octanol–water partition coefficient (Wildman–Crippen LogP) is 2.10. The molecule has 6 heteroatoms. The number of fused-ring (bicyclic) bond motifs is 1. The Morgan fingerprint density at radius 1 is 1.23 bits per heavy atom. The van der Waals surface area contributed by atoms with E-state index in [4.69, 9.17) is 0 Å². The van der Waals surface area contributed by atoms with Gasteiger partial charge in [-0.1, -0.05) is 42.5 Å². The summed E-state index contributed by atoms with van der Waals surface area (Å²) < 4.78 is 1.58. The predicted molar refractivity (Wildman–Crippen MR) is 98.4 cm³/mol. The Hall–Kier alpha value is -3.15. The van der Waals surface area contributed by atoms with Gasteiger partial charge in [-0.2, -0.15) is 5.10 Å². The molecule has 4 rings (SSSR count). The fraction of sp³-hybridized carbons (Fsp3) is 0.250. The fourth-order valence-corrected chi connectivity index (χ4v) is 3.46. The maximum atomic E-state index is 12.4. The molecule has 1 aliphatic heterocycles. The zero-order valence-corrected chi connectivity index (χ0v) is 14.6. The molecule has 6 nitrogen and oxygen atoms in total. The maximum Gasteiger partial charge on any atom is 0.254 e. The third-order valence-electron chi connectivity index (χ3n) is 4.76. The second-order valence-corrected chi connectivity index (χ2v) is 6.69. The zero-order valence-electron chi connectivity index (χ0n) is 14.6. The van der Waals surface area contributed by atoms with E-state index in [0.717, 1.165) is 16.3 Å². The normalized spacial score (nSPS) is 17.0. The highest BCUT2D eigenvalue weighted by Gasteiger charge is 2.31. The van der Waals surface area contributed by atoms with Crippen molar-refractivity contribution in [2.45, 2.75) is 19.0 Å². The van der Waals surface area contributed by atoms with Crippen molar-refractivity contribution in [1.29, 1.82) is 0 Å². The molecule has 0 saturated carbocycles. The van der Waals surface area contributed by atoms with Crippen LogP contribution in [-0.2, 0) is 18.4 Å². The number of carbonyl (C=O) groups is 2. The van der Waals surface area contributed by atoms with E-state index in [1.54, 1.807) is 17.9 Å². The number of nitrogens with zero attached hydrogens (tertiary/aromatic N) is 3. The van der Waals surface area contributed by atoms with Crippen molar-refractivity contribution in [3.05, 3.63) is 66.0 Å². The van der Waals surface area contributed by atoms with Crippen molar-refractivity contribution in [2.24, 2.45) is 7.05 Å². The van der Waals surface area contributed by atoms with E-state index in [2.05, 4.69) is 34.7 Å². The molecule has 1 fully saturated rings. The summed E-state index contributed by atoms with van der Waals surface area (Å²) in [6.45, 7) is 1.08. The quantitative estimate of drug-likeness (QED) is 0.785. The van der Waals surface area contributed by atoms with E-state index < -0.39 is 0 Å². The van der Waals surface area contributed by atoms with E-state index >= 15 is 0 Å². The van der Waals surface area contributed by atoms with Gasteiger partial charge in [0.1, 0.15) is 0 Å². The van der Waals surface area contributed by atoms with Crippen LogP contribution in [-0.4, -0.2) is 39.1 Å². The van der Waals surface area contributed by atoms with E-state index in [1.807, 2.05) is 23.1 Å². The Bertz CT molecular complexity index is 973. The summed E-state index contributed by atoms with van der Waals surface area (Å²) in [7, 11) is 1.77. The molecule has 1 atom stereocenters. The minimum absolute atomic E-state index is 0.0643. The molecule has 1 aliphatic rings. The number of aromatic nitrogens is 2. The number of aryl methyl sites for hydroxylation is 1. The van der Waals surface area contributed by atoms with Gasteiger partial charge in [0.2, 0.25) is 5.91 Å². The van der Waals surface area contributed by atoms with Crippen LogP contribution in [0.4, 0.5) is 0 Å². The fourth-order valence-electron chi connectivity index (χ4n) is 3.46. The summed E-state index contributed by atoms with van der Waals surface area (Å²) in [5.74, 6) is -0.127. The van der Waals surface area contributed by atoms with Crippen LogP contribution in [0.25, 0.3) is 10.8 Å². The monoisotopic (exact) mass is 348 g/mol. The maximum absolute atomic E-state index is 12.4. The average Bonchev–Trinajstić information content (AvgIpc) is 3.21. The smallest absolute Gasteiger partial charge is 0.254 e. The number of hydrogen-bond acceptors (Lipinski definition) is 3. The highest BCUT2D eigenvalue weighted by molar-refractivity contribution is 5.94. The molecular formula is C20H20N4O2. The number of rotatable bonds is 4. The summed E-state index contributed by atoms with van der Waals surface area (Å²) in [5, 5.41) is 9.27. The third kappa shape index (κ3) is 3.18. The first kappa shape index (κ1) is 16.3. The molecule has 1 N–H and O–H groups in total. The van der Waals surface area contributed by atoms with Crippen LogP contribution in [0.3, 0.4) is 0 Å². The minimum atomic E-state index is -0.192. The number of carbonyl (C=O) groups excluding carboxylic acids is 2. The Morgan fingerprint density at radius 3 is 2.85 bits per heavy atom. The second-order valence-electron chi connectivity index (χ2n) is 6.69. The zero-order chi connectivity index (χ0) is 18.1. The summed E-state index contributed by atoms with van der Waals surface area (Å²) in [6, 6.07) is 14.1. The minimum Gasteiger partial charge on any atom is -0.347 e. The molecule has 1 aromatic heterocycles. The molecule has 3 aromatic rings. The summed E-state index contributed by atoms with van der Waals surface area (Å²) >= 11 is 0. The lowest BCUT2D eigenvalue weighted by atomic mass is 10.0. The molecule has 0 spiro atoms. The standard InChI is InChI=1S/C20H20N4O2/c1-23-11-16(10-21-23)20(26)22-17-9-19(25)24(13-17)12-15-7-4-6-14-5-2-3-8-18(14)15/h2-8,10-11,17H,9,12-13H2,1H3,(H,22,26)/t17-/m0/s1. The second kappa shape index (κ2) is 6.63. The van der Waals surface area contributed by atoms with Crippen molar-refractivity contribution in [3.8, 4) is 0 Å². The summed E-state index contributed by atoms with van der Waals surface area (Å²) in [6.07, 6.45) is 3.52. The average molecular weight is 348 g/mol. The van der Waals surface area contributed by atoms with Crippen molar-refractivity contribution >= 4 is 22.6 Å². The molecule has 26 heavy (non-hydrogen) atoms. The van der Waals surface area contributed by atoms with Crippen LogP contribution >= 0.6 is 0 Å². The number of nitrogens with one attached hydrogen (secondary N) is 1. The van der Waals surface area contributed by atoms with E-state index in [0.29, 0.717) is 25.1 Å². The molecule has 0 bridgehead atoms. The lowest BCUT2D eigenvalue weighted by molar-refractivity contribution is -0.128. The Labute approximate surface area is 151 Å². The Kier molecular flexibility index (Phi) is 4.16. The topological polar surface area (TPSA) is 67.2 Å². The largest absolute Gasteiger partial charge is 0.347 e. The lowest BCUT2D eigenvalue weighted by Gasteiger charge is -2.18. The first-order valence-corrected chi connectivity index (χ1v) is 8.64. The van der Waals surface area contributed by atoms with E-state index in [-0.39, 0.29) is 17.9 Å². The molecule has 2 heterocycles. The number of hydrogen-bond donors (Lipinski definition) is 1. The molecular weight excluding hydrogens is 328 g/mol. The molecule has 0 unspecified atom stereocenters. The van der Waals surface area contributed by atoms with Gasteiger partial charge in [0.25, 0.3) is 5.91 Å². The van der Waals surface area contributed by atoms with Crippen LogP contribution in [0.1, 0.15) is 22.3 Å². The van der Waals surface area contributed by atoms with Crippen molar-refractivity contribution in [2.75, 3.05) is 6.54 Å². The van der Waals surface area contributed by atoms with Gasteiger partial charge < -0.3 is 10.2 Å². The summed E-state index contributed by atoms with van der Waals surface area (Å²) in [5.41, 5.74) is 1.63. The molecule has 0 radical (unpaired) electrons. The van der Waals surface area contributed by atoms with E-state index in [9.17, 15) is 9.59 Å². The molecule has 0 aliphatic carbocycles. The van der Waals surface area contributed by atoms with Crippen LogP contribution in [0.15, 0.2) is 54.9 Å². The Morgan fingerprint density at radius 2 is 2.04 bits per heavy atom. The van der Waals surface area contributed by atoms with Gasteiger partial charge in [-0.3, -0.25) is 14.3 Å². The molecule has 2 aromatic carbocycles. The van der Waals surface area contributed by atoms with Crippen molar-refractivity contribution in [1.82, 2.24) is 20.0 Å². The molecule has 2 amide bonds. The van der Waals surface area contributed by atoms with Gasteiger partial charge >= 0.3 is 0 Å². The first-order valence-electron chi connectivity index (χ1n) is 8.64. The summed E-state index contributed by atoms with van der Waals surface area (Å²) in [4.78, 5) is 26.5. The van der Waals surface area contributed by atoms with E-state index in [1.165, 1.54) is 6.20 Å². The van der Waals surface area contributed by atoms with Crippen LogP contribution < -0.4 is 5.32 Å².